The van der Waals surface area contributed by atoms with E-state index in [2.05, 4.69) is 11.4 Å². The van der Waals surface area contributed by atoms with E-state index in [-0.39, 0.29) is 6.03 Å². The number of carboxylic acids is 1. The number of hydrogen-bond acceptors (Lipinski definition) is 4. The Hall–Kier alpha value is -2.15. The molecular weight excluding hydrogens is 314 g/mol. The molecule has 23 heavy (non-hydrogen) atoms. The molecule has 3 rings (SSSR count). The van der Waals surface area contributed by atoms with Gasteiger partial charge in [0.05, 0.1) is 15.2 Å². The number of carbonyl (C=O) groups excluding carboxylic acids is 1. The predicted octanol–water partition coefficient (Wildman–Crippen LogP) is 2.66. The van der Waals surface area contributed by atoms with Gasteiger partial charge in [-0.25, -0.2) is 9.78 Å². The van der Waals surface area contributed by atoms with Gasteiger partial charge in [-0.2, -0.15) is 0 Å². The van der Waals surface area contributed by atoms with Crippen molar-refractivity contribution in [3.05, 3.63) is 29.3 Å². The molecule has 1 atom stereocenters. The number of hydrogen-bond donors (Lipinski definition) is 2. The Bertz CT molecular complexity index is 689. The van der Waals surface area contributed by atoms with Crippen molar-refractivity contribution < 1.29 is 14.7 Å². The Morgan fingerprint density at radius 1 is 1.35 bits per heavy atom. The summed E-state index contributed by atoms with van der Waals surface area (Å²) < 4.78 is 1.19. The van der Waals surface area contributed by atoms with Crippen LogP contribution >= 0.6 is 11.3 Å². The Morgan fingerprint density at radius 2 is 2.04 bits per heavy atom. The van der Waals surface area contributed by atoms with Crippen LogP contribution in [-0.4, -0.2) is 46.1 Å². The molecule has 0 unspecified atom stereocenters. The first-order valence-corrected chi connectivity index (χ1v) is 8.50. The molecule has 1 saturated heterocycles. The molecule has 2 heterocycles. The number of carboxylic acid groups (broad SMARTS) is 1. The van der Waals surface area contributed by atoms with Crippen molar-refractivity contribution >= 4 is 33.6 Å². The SMILES string of the molecule is C[C@@H](NC(=O)N1CCC(c2nc3ccccc3s2)CC1)C(=O)O. The zero-order chi connectivity index (χ0) is 16.4. The first-order valence-electron chi connectivity index (χ1n) is 7.68. The average molecular weight is 333 g/mol. The van der Waals surface area contributed by atoms with E-state index in [1.807, 2.05) is 18.2 Å². The van der Waals surface area contributed by atoms with Crippen LogP contribution in [0, 0.1) is 0 Å². The van der Waals surface area contributed by atoms with Crippen molar-refractivity contribution in [1.29, 1.82) is 0 Å². The van der Waals surface area contributed by atoms with Crippen LogP contribution in [0.1, 0.15) is 30.7 Å². The van der Waals surface area contributed by atoms with E-state index in [1.165, 1.54) is 11.6 Å². The monoisotopic (exact) mass is 333 g/mol. The Labute approximate surface area is 138 Å². The topological polar surface area (TPSA) is 82.5 Å². The molecule has 1 aromatic carbocycles. The number of piperidine rings is 1. The van der Waals surface area contributed by atoms with Gasteiger partial charge in [-0.1, -0.05) is 12.1 Å². The van der Waals surface area contributed by atoms with Gasteiger partial charge >= 0.3 is 12.0 Å². The van der Waals surface area contributed by atoms with Crippen LogP contribution in [0.5, 0.6) is 0 Å². The molecule has 0 spiro atoms. The maximum Gasteiger partial charge on any atom is 0.325 e. The fourth-order valence-electron chi connectivity index (χ4n) is 2.73. The van der Waals surface area contributed by atoms with Gasteiger partial charge in [0.2, 0.25) is 0 Å². The van der Waals surface area contributed by atoms with Crippen LogP contribution in [0.3, 0.4) is 0 Å². The third-order valence-electron chi connectivity index (χ3n) is 4.15. The lowest BCUT2D eigenvalue weighted by atomic mass is 9.98. The van der Waals surface area contributed by atoms with E-state index < -0.39 is 12.0 Å². The number of benzene rings is 1. The molecule has 7 heteroatoms. The Morgan fingerprint density at radius 3 is 2.70 bits per heavy atom. The van der Waals surface area contributed by atoms with Crippen LogP contribution in [0.15, 0.2) is 24.3 Å². The van der Waals surface area contributed by atoms with Gasteiger partial charge in [0.25, 0.3) is 0 Å². The van der Waals surface area contributed by atoms with Gasteiger partial charge in [-0.05, 0) is 31.9 Å². The maximum atomic E-state index is 12.0. The van der Waals surface area contributed by atoms with E-state index in [0.717, 1.165) is 23.4 Å². The summed E-state index contributed by atoms with van der Waals surface area (Å²) in [5.74, 6) is -0.656. The number of amides is 2. The van der Waals surface area contributed by atoms with E-state index in [9.17, 15) is 9.59 Å². The highest BCUT2D eigenvalue weighted by Gasteiger charge is 2.27. The molecule has 0 aliphatic carbocycles. The third kappa shape index (κ3) is 3.44. The summed E-state index contributed by atoms with van der Waals surface area (Å²) >= 11 is 1.72. The molecule has 1 aliphatic rings. The largest absolute Gasteiger partial charge is 0.480 e. The van der Waals surface area contributed by atoms with Gasteiger partial charge < -0.3 is 15.3 Å². The van der Waals surface area contributed by atoms with Crippen molar-refractivity contribution in [2.45, 2.75) is 31.7 Å². The zero-order valence-corrected chi connectivity index (χ0v) is 13.7. The Balaban J connectivity index is 1.59. The minimum absolute atomic E-state index is 0.303. The third-order valence-corrected chi connectivity index (χ3v) is 5.35. The normalized spacial score (nSPS) is 17.2. The lowest BCUT2D eigenvalue weighted by Crippen LogP contribution is -2.49. The molecule has 122 valence electrons. The molecule has 1 aromatic heterocycles. The molecule has 0 bridgehead atoms. The number of carbonyl (C=O) groups is 2. The smallest absolute Gasteiger partial charge is 0.325 e. The Kier molecular flexibility index (Phi) is 4.47. The average Bonchev–Trinajstić information content (AvgIpc) is 2.98. The molecule has 2 amide bonds. The summed E-state index contributed by atoms with van der Waals surface area (Å²) in [6.45, 7) is 2.71. The number of nitrogens with zero attached hydrogens (tertiary/aromatic N) is 2. The summed E-state index contributed by atoms with van der Waals surface area (Å²) in [5, 5.41) is 12.5. The molecule has 2 N–H and O–H groups in total. The number of rotatable bonds is 3. The predicted molar refractivity (Wildman–Crippen MR) is 88.8 cm³/mol. The fraction of sp³-hybridized carbons (Fsp3) is 0.438. The second-order valence-corrected chi connectivity index (χ2v) is 6.85. The number of likely N-dealkylation sites (tertiary alicyclic amines) is 1. The standard InChI is InChI=1S/C16H19N3O3S/c1-10(15(20)21)17-16(22)19-8-6-11(7-9-19)14-18-12-4-2-3-5-13(12)23-14/h2-5,10-11H,6-9H2,1H3,(H,17,22)(H,20,21)/t10-/m1/s1. The van der Waals surface area contributed by atoms with Crippen LogP contribution in [0.2, 0.25) is 0 Å². The molecular formula is C16H19N3O3S. The van der Waals surface area contributed by atoms with Crippen molar-refractivity contribution in [1.82, 2.24) is 15.2 Å². The summed E-state index contributed by atoms with van der Waals surface area (Å²) in [6, 6.07) is 6.92. The van der Waals surface area contributed by atoms with Crippen molar-refractivity contribution in [3.63, 3.8) is 0 Å². The maximum absolute atomic E-state index is 12.0. The van der Waals surface area contributed by atoms with E-state index >= 15 is 0 Å². The minimum Gasteiger partial charge on any atom is -0.480 e. The first-order chi connectivity index (χ1) is 11.0. The quantitative estimate of drug-likeness (QED) is 0.904. The highest BCUT2D eigenvalue weighted by atomic mass is 32.1. The van der Waals surface area contributed by atoms with Crippen LogP contribution in [-0.2, 0) is 4.79 Å². The number of para-hydroxylation sites is 1. The molecule has 0 radical (unpaired) electrons. The van der Waals surface area contributed by atoms with Crippen molar-refractivity contribution in [2.75, 3.05) is 13.1 Å². The number of fused-ring (bicyclic) bond motifs is 1. The van der Waals surface area contributed by atoms with Gasteiger partial charge in [-0.15, -0.1) is 11.3 Å². The van der Waals surface area contributed by atoms with E-state index in [1.54, 1.807) is 16.2 Å². The molecule has 1 fully saturated rings. The lowest BCUT2D eigenvalue weighted by molar-refractivity contribution is -0.138. The number of nitrogens with one attached hydrogen (secondary N) is 1. The first kappa shape index (κ1) is 15.7. The minimum atomic E-state index is -1.03. The zero-order valence-electron chi connectivity index (χ0n) is 12.9. The molecule has 6 nitrogen and oxygen atoms in total. The number of aliphatic carboxylic acids is 1. The highest BCUT2D eigenvalue weighted by Crippen LogP contribution is 2.33. The molecule has 0 saturated carbocycles. The fourth-order valence-corrected chi connectivity index (χ4v) is 3.87. The van der Waals surface area contributed by atoms with Crippen molar-refractivity contribution in [2.24, 2.45) is 0 Å². The second kappa shape index (κ2) is 6.54. The van der Waals surface area contributed by atoms with E-state index in [0.29, 0.717) is 19.0 Å². The molecule has 2 aromatic rings. The lowest BCUT2D eigenvalue weighted by Gasteiger charge is -2.31. The molecule has 1 aliphatic heterocycles. The number of urea groups is 1. The second-order valence-electron chi connectivity index (χ2n) is 5.79. The summed E-state index contributed by atoms with van der Waals surface area (Å²) in [7, 11) is 0. The van der Waals surface area contributed by atoms with Crippen LogP contribution in [0.25, 0.3) is 10.2 Å². The van der Waals surface area contributed by atoms with Gasteiger partial charge in [0.15, 0.2) is 0 Å². The summed E-state index contributed by atoms with van der Waals surface area (Å²) in [6.07, 6.45) is 1.71. The number of thiazole rings is 1. The van der Waals surface area contributed by atoms with Crippen LogP contribution < -0.4 is 5.32 Å². The van der Waals surface area contributed by atoms with Gasteiger partial charge in [0.1, 0.15) is 6.04 Å². The highest BCUT2D eigenvalue weighted by molar-refractivity contribution is 7.18. The van der Waals surface area contributed by atoms with Crippen LogP contribution in [0.4, 0.5) is 4.79 Å². The van der Waals surface area contributed by atoms with Gasteiger partial charge in [-0.3, -0.25) is 4.79 Å². The van der Waals surface area contributed by atoms with Crippen molar-refractivity contribution in [3.8, 4) is 0 Å². The summed E-state index contributed by atoms with van der Waals surface area (Å²) in [5.41, 5.74) is 1.03. The summed E-state index contributed by atoms with van der Waals surface area (Å²) in [4.78, 5) is 29.2. The van der Waals surface area contributed by atoms with E-state index in [4.69, 9.17) is 10.1 Å². The number of aromatic nitrogens is 1. The van der Waals surface area contributed by atoms with Gasteiger partial charge in [0, 0.05) is 19.0 Å².